The highest BCUT2D eigenvalue weighted by molar-refractivity contribution is 9.10. The number of ether oxygens (including phenoxy) is 1. The summed E-state index contributed by atoms with van der Waals surface area (Å²) in [5.41, 5.74) is 1.33. The highest BCUT2D eigenvalue weighted by atomic mass is 79.9. The fourth-order valence-corrected chi connectivity index (χ4v) is 2.45. The molecule has 0 aliphatic heterocycles. The number of halogens is 1. The van der Waals surface area contributed by atoms with Gasteiger partial charge in [0.15, 0.2) is 0 Å². The van der Waals surface area contributed by atoms with E-state index in [0.717, 1.165) is 23.2 Å². The molecule has 0 radical (unpaired) electrons. The van der Waals surface area contributed by atoms with Crippen LogP contribution in [0.3, 0.4) is 0 Å². The molecule has 1 N–H and O–H groups in total. The molecular formula is C14H22BrNO. The molecule has 1 rings (SSSR count). The lowest BCUT2D eigenvalue weighted by molar-refractivity contribution is 0.411. The predicted molar refractivity (Wildman–Crippen MR) is 76.6 cm³/mol. The Labute approximate surface area is 113 Å². The number of hydrogen-bond acceptors (Lipinski definition) is 2. The zero-order valence-electron chi connectivity index (χ0n) is 10.9. The van der Waals surface area contributed by atoms with Crippen LogP contribution in [0.2, 0.25) is 0 Å². The molecule has 1 unspecified atom stereocenters. The van der Waals surface area contributed by atoms with Crippen molar-refractivity contribution in [2.45, 2.75) is 39.2 Å². The molecule has 3 heteroatoms. The Morgan fingerprint density at radius 1 is 1.29 bits per heavy atom. The van der Waals surface area contributed by atoms with Crippen molar-refractivity contribution in [3.05, 3.63) is 28.2 Å². The van der Waals surface area contributed by atoms with Crippen molar-refractivity contribution in [1.82, 2.24) is 5.32 Å². The van der Waals surface area contributed by atoms with Crippen LogP contribution in [-0.4, -0.2) is 13.7 Å². The van der Waals surface area contributed by atoms with Crippen LogP contribution < -0.4 is 10.1 Å². The first-order valence-corrected chi connectivity index (χ1v) is 7.09. The Balaban J connectivity index is 2.82. The molecule has 1 aromatic carbocycles. The monoisotopic (exact) mass is 299 g/mol. The van der Waals surface area contributed by atoms with E-state index in [-0.39, 0.29) is 0 Å². The van der Waals surface area contributed by atoms with Crippen LogP contribution in [0, 0.1) is 0 Å². The first kappa shape index (κ1) is 14.5. The molecule has 0 saturated carbocycles. The van der Waals surface area contributed by atoms with Gasteiger partial charge in [0.05, 0.1) is 11.6 Å². The fraction of sp³-hybridized carbons (Fsp3) is 0.571. The molecule has 0 fully saturated rings. The Morgan fingerprint density at radius 3 is 2.59 bits per heavy atom. The average Bonchev–Trinajstić information content (AvgIpc) is 2.34. The van der Waals surface area contributed by atoms with Crippen molar-refractivity contribution in [1.29, 1.82) is 0 Å². The number of hydrogen-bond donors (Lipinski definition) is 1. The van der Waals surface area contributed by atoms with Gasteiger partial charge in [-0.1, -0.05) is 26.3 Å². The van der Waals surface area contributed by atoms with Gasteiger partial charge < -0.3 is 10.1 Å². The highest BCUT2D eigenvalue weighted by Crippen LogP contribution is 2.29. The van der Waals surface area contributed by atoms with E-state index in [9.17, 15) is 0 Å². The molecule has 0 saturated heterocycles. The summed E-state index contributed by atoms with van der Waals surface area (Å²) in [7, 11) is 1.69. The van der Waals surface area contributed by atoms with Gasteiger partial charge >= 0.3 is 0 Å². The second kappa shape index (κ2) is 7.72. The van der Waals surface area contributed by atoms with E-state index < -0.39 is 0 Å². The Bertz CT molecular complexity index is 341. The Hall–Kier alpha value is -0.540. The Morgan fingerprint density at radius 2 is 2.06 bits per heavy atom. The molecule has 0 aliphatic carbocycles. The molecular weight excluding hydrogens is 278 g/mol. The van der Waals surface area contributed by atoms with Gasteiger partial charge in [-0.25, -0.2) is 0 Å². The van der Waals surface area contributed by atoms with E-state index in [1.165, 1.54) is 18.4 Å². The summed E-state index contributed by atoms with van der Waals surface area (Å²) in [5, 5.41) is 3.59. The van der Waals surface area contributed by atoms with E-state index in [1.54, 1.807) is 7.11 Å². The summed E-state index contributed by atoms with van der Waals surface area (Å²) < 4.78 is 6.28. The molecule has 0 aliphatic rings. The van der Waals surface area contributed by atoms with Crippen LogP contribution >= 0.6 is 15.9 Å². The molecule has 0 amide bonds. The standard InChI is InChI=1S/C14H22BrNO/c1-4-6-13(16-9-5-2)11-7-8-14(17-3)12(15)10-11/h7-8,10,13,16H,4-6,9H2,1-3H3. The SMILES string of the molecule is CCCNC(CCC)c1ccc(OC)c(Br)c1. The topological polar surface area (TPSA) is 21.3 Å². The second-order valence-electron chi connectivity index (χ2n) is 4.19. The lowest BCUT2D eigenvalue weighted by Gasteiger charge is -2.19. The van der Waals surface area contributed by atoms with Gasteiger partial charge in [0.1, 0.15) is 5.75 Å². The van der Waals surface area contributed by atoms with Gasteiger partial charge in [0, 0.05) is 6.04 Å². The molecule has 1 aromatic rings. The van der Waals surface area contributed by atoms with Crippen LogP contribution in [0.5, 0.6) is 5.75 Å². The van der Waals surface area contributed by atoms with Crippen molar-refractivity contribution >= 4 is 15.9 Å². The molecule has 2 nitrogen and oxygen atoms in total. The molecule has 0 spiro atoms. The van der Waals surface area contributed by atoms with Crippen molar-refractivity contribution in [3.8, 4) is 5.75 Å². The van der Waals surface area contributed by atoms with Crippen LogP contribution in [0.4, 0.5) is 0 Å². The van der Waals surface area contributed by atoms with Crippen LogP contribution in [0.15, 0.2) is 22.7 Å². The number of rotatable bonds is 7. The van der Waals surface area contributed by atoms with Gasteiger partial charge in [-0.2, -0.15) is 0 Å². The highest BCUT2D eigenvalue weighted by Gasteiger charge is 2.11. The zero-order chi connectivity index (χ0) is 12.7. The lowest BCUT2D eigenvalue weighted by Crippen LogP contribution is -2.22. The molecule has 0 heterocycles. The summed E-state index contributed by atoms with van der Waals surface area (Å²) in [5.74, 6) is 0.888. The molecule has 0 aromatic heterocycles. The minimum absolute atomic E-state index is 0.446. The van der Waals surface area contributed by atoms with Gasteiger partial charge in [-0.3, -0.25) is 0 Å². The summed E-state index contributed by atoms with van der Waals surface area (Å²) in [6.45, 7) is 5.48. The third-order valence-corrected chi connectivity index (χ3v) is 3.42. The maximum Gasteiger partial charge on any atom is 0.133 e. The van der Waals surface area contributed by atoms with E-state index >= 15 is 0 Å². The van der Waals surface area contributed by atoms with Gasteiger partial charge in [-0.15, -0.1) is 0 Å². The van der Waals surface area contributed by atoms with E-state index in [0.29, 0.717) is 6.04 Å². The second-order valence-corrected chi connectivity index (χ2v) is 5.04. The van der Waals surface area contributed by atoms with Gasteiger partial charge in [-0.05, 0) is 53.0 Å². The smallest absolute Gasteiger partial charge is 0.133 e. The summed E-state index contributed by atoms with van der Waals surface area (Å²) in [6.07, 6.45) is 3.52. The first-order valence-electron chi connectivity index (χ1n) is 6.29. The third-order valence-electron chi connectivity index (χ3n) is 2.80. The van der Waals surface area contributed by atoms with Crippen LogP contribution in [0.25, 0.3) is 0 Å². The summed E-state index contributed by atoms with van der Waals surface area (Å²) in [6, 6.07) is 6.77. The maximum absolute atomic E-state index is 5.25. The largest absolute Gasteiger partial charge is 0.496 e. The van der Waals surface area contributed by atoms with E-state index in [4.69, 9.17) is 4.74 Å². The van der Waals surface area contributed by atoms with Crippen molar-refractivity contribution in [3.63, 3.8) is 0 Å². The summed E-state index contributed by atoms with van der Waals surface area (Å²) in [4.78, 5) is 0. The van der Waals surface area contributed by atoms with E-state index in [1.807, 2.05) is 6.07 Å². The molecule has 17 heavy (non-hydrogen) atoms. The van der Waals surface area contributed by atoms with Crippen LogP contribution in [-0.2, 0) is 0 Å². The van der Waals surface area contributed by atoms with Gasteiger partial charge in [0.25, 0.3) is 0 Å². The first-order chi connectivity index (χ1) is 8.22. The number of methoxy groups -OCH3 is 1. The van der Waals surface area contributed by atoms with Crippen molar-refractivity contribution < 1.29 is 4.74 Å². The maximum atomic E-state index is 5.25. The molecule has 1 atom stereocenters. The van der Waals surface area contributed by atoms with E-state index in [2.05, 4.69) is 47.2 Å². The van der Waals surface area contributed by atoms with Gasteiger partial charge in [0.2, 0.25) is 0 Å². The quantitative estimate of drug-likeness (QED) is 0.810. The minimum atomic E-state index is 0.446. The van der Waals surface area contributed by atoms with Crippen molar-refractivity contribution in [2.75, 3.05) is 13.7 Å². The zero-order valence-corrected chi connectivity index (χ0v) is 12.5. The summed E-state index contributed by atoms with van der Waals surface area (Å²) >= 11 is 3.54. The lowest BCUT2D eigenvalue weighted by atomic mass is 10.0. The number of benzene rings is 1. The van der Waals surface area contributed by atoms with Crippen LogP contribution in [0.1, 0.15) is 44.7 Å². The Kier molecular flexibility index (Phi) is 6.60. The molecule has 0 bridgehead atoms. The molecule has 96 valence electrons. The minimum Gasteiger partial charge on any atom is -0.496 e. The fourth-order valence-electron chi connectivity index (χ4n) is 1.89. The predicted octanol–water partition coefficient (Wildman–Crippen LogP) is 4.30. The third kappa shape index (κ3) is 4.32. The van der Waals surface area contributed by atoms with Crippen molar-refractivity contribution in [2.24, 2.45) is 0 Å². The number of nitrogens with one attached hydrogen (secondary N) is 1. The normalized spacial score (nSPS) is 12.5. The average molecular weight is 300 g/mol.